The first-order valence-corrected chi connectivity index (χ1v) is 11.3. The first kappa shape index (κ1) is 24.9. The second-order valence-corrected chi connectivity index (χ2v) is 8.01. The molecular weight excluding hydrogens is 529 g/mol. The van der Waals surface area contributed by atoms with Crippen molar-refractivity contribution in [2.45, 2.75) is 38.8 Å². The van der Waals surface area contributed by atoms with Gasteiger partial charge in [-0.2, -0.15) is 0 Å². The maximum atomic E-state index is 11.8. The summed E-state index contributed by atoms with van der Waals surface area (Å²) in [5.41, 5.74) is 3.48. The fraction of sp³-hybridized carbons (Fsp3) is 0.360. The second-order valence-electron chi connectivity index (χ2n) is 8.01. The van der Waals surface area contributed by atoms with Crippen LogP contribution in [0.3, 0.4) is 0 Å². The highest BCUT2D eigenvalue weighted by molar-refractivity contribution is 14.0. The number of carbonyl (C=O) groups excluding carboxylic acids is 1. The Morgan fingerprint density at radius 2 is 2.00 bits per heavy atom. The lowest BCUT2D eigenvalue weighted by atomic mass is 10.1. The molecular formula is C25H32IN5O2. The van der Waals surface area contributed by atoms with Crippen LogP contribution in [0.1, 0.15) is 30.9 Å². The number of amides is 1. The maximum Gasteiger partial charge on any atom is 0.258 e. The fourth-order valence-corrected chi connectivity index (χ4v) is 3.55. The molecule has 0 atom stereocenters. The van der Waals surface area contributed by atoms with E-state index in [9.17, 15) is 4.79 Å². The molecule has 0 unspecified atom stereocenters. The number of guanidine groups is 1. The van der Waals surface area contributed by atoms with Gasteiger partial charge in [-0.15, -0.1) is 24.0 Å². The van der Waals surface area contributed by atoms with Crippen LogP contribution in [0.25, 0.3) is 10.9 Å². The van der Waals surface area contributed by atoms with Crippen molar-refractivity contribution in [3.05, 3.63) is 65.9 Å². The lowest BCUT2D eigenvalue weighted by Gasteiger charge is -2.11. The molecule has 176 valence electrons. The number of hydrogen-bond donors (Lipinski definition) is 4. The number of rotatable bonds is 10. The van der Waals surface area contributed by atoms with E-state index in [1.54, 1.807) is 0 Å². The molecule has 0 saturated heterocycles. The molecule has 7 nitrogen and oxygen atoms in total. The van der Waals surface area contributed by atoms with Gasteiger partial charge in [0.25, 0.3) is 5.91 Å². The molecule has 1 fully saturated rings. The molecule has 0 bridgehead atoms. The fourth-order valence-electron chi connectivity index (χ4n) is 3.55. The van der Waals surface area contributed by atoms with Crippen molar-refractivity contribution >= 4 is 46.7 Å². The normalized spacial score (nSPS) is 13.3. The Bertz CT molecular complexity index is 1080. The number of nitrogens with zero attached hydrogens (tertiary/aromatic N) is 1. The van der Waals surface area contributed by atoms with Gasteiger partial charge in [-0.25, -0.2) is 4.99 Å². The maximum absolute atomic E-state index is 11.8. The zero-order valence-electron chi connectivity index (χ0n) is 18.9. The number of aromatic amines is 1. The van der Waals surface area contributed by atoms with Gasteiger partial charge in [-0.1, -0.05) is 30.3 Å². The number of hydrogen-bond acceptors (Lipinski definition) is 3. The molecule has 1 heterocycles. The van der Waals surface area contributed by atoms with Crippen molar-refractivity contribution in [1.29, 1.82) is 0 Å². The number of para-hydroxylation sites is 1. The molecule has 0 aliphatic heterocycles. The number of carbonyl (C=O) groups is 1. The van der Waals surface area contributed by atoms with Gasteiger partial charge in [0.2, 0.25) is 0 Å². The molecule has 1 aromatic heterocycles. The molecule has 1 aliphatic carbocycles. The Morgan fingerprint density at radius 3 is 2.82 bits per heavy atom. The Hall–Kier alpha value is -2.75. The number of ether oxygens (including phenoxy) is 1. The van der Waals surface area contributed by atoms with Crippen molar-refractivity contribution in [1.82, 2.24) is 20.9 Å². The summed E-state index contributed by atoms with van der Waals surface area (Å²) >= 11 is 0. The highest BCUT2D eigenvalue weighted by Crippen LogP contribution is 2.19. The monoisotopic (exact) mass is 561 g/mol. The summed E-state index contributed by atoms with van der Waals surface area (Å²) in [6, 6.07) is 16.4. The molecule has 0 spiro atoms. The number of aromatic nitrogens is 1. The van der Waals surface area contributed by atoms with Crippen LogP contribution in [-0.4, -0.2) is 42.6 Å². The van der Waals surface area contributed by atoms with Crippen LogP contribution in [0.15, 0.2) is 59.7 Å². The van der Waals surface area contributed by atoms with Gasteiger partial charge < -0.3 is 25.7 Å². The predicted molar refractivity (Wildman–Crippen MR) is 143 cm³/mol. The van der Waals surface area contributed by atoms with Gasteiger partial charge >= 0.3 is 0 Å². The molecule has 1 saturated carbocycles. The Kier molecular flexibility index (Phi) is 9.41. The average molecular weight is 561 g/mol. The summed E-state index contributed by atoms with van der Waals surface area (Å²) in [5, 5.41) is 10.9. The van der Waals surface area contributed by atoms with Gasteiger partial charge in [0.15, 0.2) is 12.6 Å². The molecule has 1 amide bonds. The average Bonchev–Trinajstić information content (AvgIpc) is 3.53. The SMILES string of the molecule is CCNC(=NCc1cccc(OCC(=O)NC2CC2)c1)NCCc1c[nH]c2ccccc12.I. The van der Waals surface area contributed by atoms with Gasteiger partial charge in [-0.3, -0.25) is 4.79 Å². The zero-order chi connectivity index (χ0) is 22.2. The third kappa shape index (κ3) is 7.66. The van der Waals surface area contributed by atoms with Gasteiger partial charge in [0, 0.05) is 36.2 Å². The van der Waals surface area contributed by atoms with Crippen LogP contribution in [0.5, 0.6) is 5.75 Å². The Balaban J connectivity index is 0.00000306. The lowest BCUT2D eigenvalue weighted by Crippen LogP contribution is -2.38. The minimum Gasteiger partial charge on any atom is -0.484 e. The van der Waals surface area contributed by atoms with E-state index in [2.05, 4.69) is 52.3 Å². The molecule has 4 N–H and O–H groups in total. The molecule has 4 rings (SSSR count). The van der Waals surface area contributed by atoms with Crippen molar-refractivity contribution in [2.75, 3.05) is 19.7 Å². The van der Waals surface area contributed by atoms with Gasteiger partial charge in [0.1, 0.15) is 5.75 Å². The van der Waals surface area contributed by atoms with E-state index < -0.39 is 0 Å². The third-order valence-electron chi connectivity index (χ3n) is 5.34. The van der Waals surface area contributed by atoms with E-state index in [4.69, 9.17) is 9.73 Å². The highest BCUT2D eigenvalue weighted by Gasteiger charge is 2.23. The summed E-state index contributed by atoms with van der Waals surface area (Å²) in [4.78, 5) is 19.8. The van der Waals surface area contributed by atoms with E-state index in [0.29, 0.717) is 18.3 Å². The van der Waals surface area contributed by atoms with Gasteiger partial charge in [-0.05, 0) is 55.5 Å². The Labute approximate surface area is 211 Å². The standard InChI is InChI=1S/C25H31N5O2.HI/c1-2-26-25(27-13-12-19-16-28-23-9-4-3-8-22(19)23)29-15-18-6-5-7-21(14-18)32-17-24(31)30-20-10-11-20;/h3-9,14,16,20,28H,2,10-13,15,17H2,1H3,(H,30,31)(H2,26,27,29);1H. The largest absolute Gasteiger partial charge is 0.484 e. The molecule has 33 heavy (non-hydrogen) atoms. The smallest absolute Gasteiger partial charge is 0.258 e. The molecule has 8 heteroatoms. The predicted octanol–water partition coefficient (Wildman–Crippen LogP) is 3.74. The van der Waals surface area contributed by atoms with Crippen LogP contribution in [0.4, 0.5) is 0 Å². The summed E-state index contributed by atoms with van der Waals surface area (Å²) in [7, 11) is 0. The van der Waals surface area contributed by atoms with E-state index in [0.717, 1.165) is 49.4 Å². The first-order valence-electron chi connectivity index (χ1n) is 11.3. The lowest BCUT2D eigenvalue weighted by molar-refractivity contribution is -0.123. The summed E-state index contributed by atoms with van der Waals surface area (Å²) < 4.78 is 5.64. The van der Waals surface area contributed by atoms with Crippen molar-refractivity contribution in [3.63, 3.8) is 0 Å². The minimum absolute atomic E-state index is 0. The number of benzene rings is 2. The van der Waals surface area contributed by atoms with Crippen LogP contribution >= 0.6 is 24.0 Å². The number of halogens is 1. The van der Waals surface area contributed by atoms with Crippen LogP contribution in [0, 0.1) is 0 Å². The molecule has 1 aliphatic rings. The van der Waals surface area contributed by atoms with Crippen LogP contribution in [-0.2, 0) is 17.8 Å². The van der Waals surface area contributed by atoms with E-state index >= 15 is 0 Å². The molecule has 0 radical (unpaired) electrons. The van der Waals surface area contributed by atoms with Crippen LogP contribution < -0.4 is 20.7 Å². The number of aliphatic imine (C=N–C) groups is 1. The zero-order valence-corrected chi connectivity index (χ0v) is 21.2. The number of nitrogens with one attached hydrogen (secondary N) is 4. The van der Waals surface area contributed by atoms with Crippen molar-refractivity contribution in [2.24, 2.45) is 4.99 Å². The van der Waals surface area contributed by atoms with E-state index in [-0.39, 0.29) is 36.5 Å². The molecule has 3 aromatic rings. The van der Waals surface area contributed by atoms with E-state index in [1.807, 2.05) is 30.3 Å². The van der Waals surface area contributed by atoms with E-state index in [1.165, 1.54) is 10.9 Å². The topological polar surface area (TPSA) is 90.5 Å². The van der Waals surface area contributed by atoms with Crippen molar-refractivity contribution < 1.29 is 9.53 Å². The summed E-state index contributed by atoms with van der Waals surface area (Å²) in [6.45, 7) is 4.19. The number of H-pyrrole nitrogens is 1. The van der Waals surface area contributed by atoms with Crippen molar-refractivity contribution in [3.8, 4) is 5.75 Å². The highest BCUT2D eigenvalue weighted by atomic mass is 127. The summed E-state index contributed by atoms with van der Waals surface area (Å²) in [6.07, 6.45) is 5.12. The Morgan fingerprint density at radius 1 is 1.15 bits per heavy atom. The second kappa shape index (κ2) is 12.5. The van der Waals surface area contributed by atoms with Crippen LogP contribution in [0.2, 0.25) is 0 Å². The third-order valence-corrected chi connectivity index (χ3v) is 5.34. The molecule has 2 aromatic carbocycles. The quantitative estimate of drug-likeness (QED) is 0.173. The minimum atomic E-state index is -0.0650. The first-order chi connectivity index (χ1) is 15.7. The summed E-state index contributed by atoms with van der Waals surface area (Å²) in [5.74, 6) is 1.40. The number of fused-ring (bicyclic) bond motifs is 1. The van der Waals surface area contributed by atoms with Gasteiger partial charge in [0.05, 0.1) is 6.54 Å².